The van der Waals surface area contributed by atoms with Gasteiger partial charge in [-0.25, -0.2) is 9.78 Å². The number of carboxylic acids is 1. The molecule has 1 aliphatic rings. The second-order valence-electron chi connectivity index (χ2n) is 4.64. The van der Waals surface area contributed by atoms with Gasteiger partial charge in [0.25, 0.3) is 0 Å². The molecule has 1 aromatic heterocycles. The van der Waals surface area contributed by atoms with Gasteiger partial charge in [0, 0.05) is 26.1 Å². The molecular weight excluding hydrogens is 276 g/mol. The number of aromatic carboxylic acids is 1. The van der Waals surface area contributed by atoms with E-state index in [4.69, 9.17) is 15.6 Å². The van der Waals surface area contributed by atoms with E-state index in [1.165, 1.54) is 12.3 Å². The molecule has 0 saturated carbocycles. The Bertz CT molecular complexity index is 529. The number of aromatic nitrogens is 1. The highest BCUT2D eigenvalue weighted by molar-refractivity contribution is 5.94. The van der Waals surface area contributed by atoms with E-state index in [-0.39, 0.29) is 29.4 Å². The normalized spacial score (nSPS) is 14.8. The Hall–Kier alpha value is -2.35. The van der Waals surface area contributed by atoms with Crippen LogP contribution < -0.4 is 11.1 Å². The van der Waals surface area contributed by atoms with Crippen molar-refractivity contribution in [3.63, 3.8) is 0 Å². The summed E-state index contributed by atoms with van der Waals surface area (Å²) in [6, 6.07) is 1.33. The summed E-state index contributed by atoms with van der Waals surface area (Å²) in [7, 11) is 0. The minimum Gasteiger partial charge on any atom is -0.478 e. The van der Waals surface area contributed by atoms with Crippen LogP contribution in [-0.4, -0.2) is 59.7 Å². The molecule has 8 heteroatoms. The standard InChI is InChI=1S/C13H18N4O4/c14-9-7-10(13(19)20)12(16-8-9)15-2-1-11(18)17-3-5-21-6-4-17/h7-8H,1-6,14H2,(H,15,16)(H,19,20). The van der Waals surface area contributed by atoms with Crippen LogP contribution in [0.5, 0.6) is 0 Å². The van der Waals surface area contributed by atoms with Crippen molar-refractivity contribution in [3.05, 3.63) is 17.8 Å². The van der Waals surface area contributed by atoms with Crippen molar-refractivity contribution in [1.29, 1.82) is 0 Å². The first-order chi connectivity index (χ1) is 10.1. The van der Waals surface area contributed by atoms with E-state index < -0.39 is 5.97 Å². The van der Waals surface area contributed by atoms with Crippen LogP contribution in [0.4, 0.5) is 11.5 Å². The number of rotatable bonds is 5. The number of morpholine rings is 1. The Kier molecular flexibility index (Phi) is 4.94. The molecule has 21 heavy (non-hydrogen) atoms. The van der Waals surface area contributed by atoms with Gasteiger partial charge in [-0.15, -0.1) is 0 Å². The number of nitrogens with two attached hydrogens (primary N) is 1. The third kappa shape index (κ3) is 4.06. The number of carbonyl (C=O) groups excluding carboxylic acids is 1. The summed E-state index contributed by atoms with van der Waals surface area (Å²) >= 11 is 0. The molecule has 1 fully saturated rings. The van der Waals surface area contributed by atoms with Gasteiger partial charge >= 0.3 is 5.97 Å². The van der Waals surface area contributed by atoms with Crippen LogP contribution in [0.15, 0.2) is 12.3 Å². The highest BCUT2D eigenvalue weighted by Crippen LogP contribution is 2.15. The second-order valence-corrected chi connectivity index (χ2v) is 4.64. The van der Waals surface area contributed by atoms with Crippen molar-refractivity contribution < 1.29 is 19.4 Å². The Labute approximate surface area is 121 Å². The quantitative estimate of drug-likeness (QED) is 0.700. The number of hydrogen-bond acceptors (Lipinski definition) is 6. The Morgan fingerprint density at radius 3 is 2.81 bits per heavy atom. The number of nitrogen functional groups attached to an aromatic ring is 1. The number of hydrogen-bond donors (Lipinski definition) is 3. The van der Waals surface area contributed by atoms with Gasteiger partial charge in [-0.05, 0) is 6.07 Å². The van der Waals surface area contributed by atoms with Crippen LogP contribution in [-0.2, 0) is 9.53 Å². The van der Waals surface area contributed by atoms with Crippen LogP contribution in [0.2, 0.25) is 0 Å². The first-order valence-corrected chi connectivity index (χ1v) is 6.66. The molecule has 8 nitrogen and oxygen atoms in total. The summed E-state index contributed by atoms with van der Waals surface area (Å²) in [5.74, 6) is -0.888. The average molecular weight is 294 g/mol. The molecule has 0 spiro atoms. The lowest BCUT2D eigenvalue weighted by Gasteiger charge is -2.26. The molecule has 2 heterocycles. The molecule has 1 aromatic rings. The molecule has 114 valence electrons. The molecule has 0 radical (unpaired) electrons. The summed E-state index contributed by atoms with van der Waals surface area (Å²) in [4.78, 5) is 28.7. The van der Waals surface area contributed by atoms with E-state index in [9.17, 15) is 9.59 Å². The van der Waals surface area contributed by atoms with Crippen molar-refractivity contribution in [2.75, 3.05) is 43.9 Å². The maximum atomic E-state index is 11.9. The van der Waals surface area contributed by atoms with Crippen molar-refractivity contribution in [3.8, 4) is 0 Å². The molecule has 1 aliphatic heterocycles. The fourth-order valence-corrected chi connectivity index (χ4v) is 2.04. The summed E-state index contributed by atoms with van der Waals surface area (Å²) in [6.45, 7) is 2.62. The zero-order valence-electron chi connectivity index (χ0n) is 11.5. The first-order valence-electron chi connectivity index (χ1n) is 6.66. The van der Waals surface area contributed by atoms with Gasteiger partial charge in [-0.2, -0.15) is 0 Å². The maximum absolute atomic E-state index is 11.9. The average Bonchev–Trinajstić information content (AvgIpc) is 2.49. The number of amides is 1. The van der Waals surface area contributed by atoms with Gasteiger partial charge in [0.15, 0.2) is 0 Å². The van der Waals surface area contributed by atoms with Crippen LogP contribution in [0.3, 0.4) is 0 Å². The lowest BCUT2D eigenvalue weighted by atomic mass is 10.2. The fraction of sp³-hybridized carbons (Fsp3) is 0.462. The van der Waals surface area contributed by atoms with Gasteiger partial charge in [-0.1, -0.05) is 0 Å². The minimum absolute atomic E-state index is 0.00572. The topological polar surface area (TPSA) is 118 Å². The summed E-state index contributed by atoms with van der Waals surface area (Å²) in [5, 5.41) is 11.9. The van der Waals surface area contributed by atoms with Crippen molar-refractivity contribution >= 4 is 23.4 Å². The molecule has 0 aliphatic carbocycles. The van der Waals surface area contributed by atoms with Crippen molar-refractivity contribution in [2.24, 2.45) is 0 Å². The van der Waals surface area contributed by atoms with Gasteiger partial charge in [0.05, 0.1) is 25.1 Å². The number of nitrogens with zero attached hydrogens (tertiary/aromatic N) is 2. The van der Waals surface area contributed by atoms with E-state index in [0.717, 1.165) is 0 Å². The molecule has 0 aromatic carbocycles. The highest BCUT2D eigenvalue weighted by atomic mass is 16.5. The van der Waals surface area contributed by atoms with Crippen LogP contribution in [0.1, 0.15) is 16.8 Å². The van der Waals surface area contributed by atoms with E-state index in [1.807, 2.05) is 0 Å². The van der Waals surface area contributed by atoms with E-state index >= 15 is 0 Å². The summed E-state index contributed by atoms with van der Waals surface area (Å²) < 4.78 is 5.18. The molecule has 0 unspecified atom stereocenters. The molecule has 1 saturated heterocycles. The number of carboxylic acid groups (broad SMARTS) is 1. The molecule has 2 rings (SSSR count). The van der Waals surface area contributed by atoms with Gasteiger partial charge in [0.1, 0.15) is 11.4 Å². The lowest BCUT2D eigenvalue weighted by Crippen LogP contribution is -2.41. The number of nitrogens with one attached hydrogen (secondary N) is 1. The van der Waals surface area contributed by atoms with Crippen LogP contribution in [0, 0.1) is 0 Å². The molecular formula is C13H18N4O4. The summed E-state index contributed by atoms with van der Waals surface area (Å²) in [5.41, 5.74) is 5.79. The predicted molar refractivity (Wildman–Crippen MR) is 76.1 cm³/mol. The Morgan fingerprint density at radius 1 is 1.43 bits per heavy atom. The lowest BCUT2D eigenvalue weighted by molar-refractivity contribution is -0.134. The molecule has 4 N–H and O–H groups in total. The van der Waals surface area contributed by atoms with E-state index in [0.29, 0.717) is 32.8 Å². The highest BCUT2D eigenvalue weighted by Gasteiger charge is 2.17. The number of ether oxygens (including phenoxy) is 1. The summed E-state index contributed by atoms with van der Waals surface area (Å²) in [6.07, 6.45) is 1.64. The minimum atomic E-state index is -1.11. The predicted octanol–water partition coefficient (Wildman–Crippen LogP) is 0.0228. The molecule has 0 atom stereocenters. The van der Waals surface area contributed by atoms with Gasteiger partial charge in [-0.3, -0.25) is 4.79 Å². The number of anilines is 2. The maximum Gasteiger partial charge on any atom is 0.339 e. The molecule has 0 bridgehead atoms. The monoisotopic (exact) mass is 294 g/mol. The smallest absolute Gasteiger partial charge is 0.339 e. The SMILES string of the molecule is Nc1cnc(NCCC(=O)N2CCOCC2)c(C(=O)O)c1. The van der Waals surface area contributed by atoms with E-state index in [1.54, 1.807) is 4.90 Å². The van der Waals surface area contributed by atoms with Crippen molar-refractivity contribution in [1.82, 2.24) is 9.88 Å². The van der Waals surface area contributed by atoms with Crippen LogP contribution >= 0.6 is 0 Å². The van der Waals surface area contributed by atoms with Gasteiger partial charge < -0.3 is 25.8 Å². The molecule has 1 amide bonds. The third-order valence-corrected chi connectivity index (χ3v) is 3.13. The number of carbonyl (C=O) groups is 2. The van der Waals surface area contributed by atoms with Crippen molar-refractivity contribution in [2.45, 2.75) is 6.42 Å². The van der Waals surface area contributed by atoms with E-state index in [2.05, 4.69) is 10.3 Å². The zero-order valence-corrected chi connectivity index (χ0v) is 11.5. The largest absolute Gasteiger partial charge is 0.478 e. The Balaban J connectivity index is 1.88. The van der Waals surface area contributed by atoms with Gasteiger partial charge in [0.2, 0.25) is 5.91 Å². The zero-order chi connectivity index (χ0) is 15.2. The number of pyridine rings is 1. The second kappa shape index (κ2) is 6.89. The van der Waals surface area contributed by atoms with Crippen LogP contribution in [0.25, 0.3) is 0 Å². The fourth-order valence-electron chi connectivity index (χ4n) is 2.04. The Morgan fingerprint density at radius 2 is 2.14 bits per heavy atom. The first kappa shape index (κ1) is 15.0. The third-order valence-electron chi connectivity index (χ3n) is 3.13.